The van der Waals surface area contributed by atoms with E-state index in [2.05, 4.69) is 54.5 Å². The highest BCUT2D eigenvalue weighted by atomic mass is 16.3. The summed E-state index contributed by atoms with van der Waals surface area (Å²) in [7, 11) is 0. The van der Waals surface area contributed by atoms with Crippen LogP contribution >= 0.6 is 0 Å². The molecule has 4 nitrogen and oxygen atoms in total. The molecule has 0 bridgehead atoms. The number of hydrogen-bond donors (Lipinski definition) is 2. The third kappa shape index (κ3) is 3.03. The zero-order valence-electron chi connectivity index (χ0n) is 23.1. The zero-order chi connectivity index (χ0) is 25.8. The van der Waals surface area contributed by atoms with Crippen molar-refractivity contribution in [2.45, 2.75) is 112 Å². The van der Waals surface area contributed by atoms with Crippen LogP contribution in [0.5, 0.6) is 0 Å². The standard InChI is InChI=1S/C31H47NO3/c1-26(2)10-12-31(18-33)13-11-30(7)24(20(31)16-26)21(34)14-23-28(5)15-19(17-32)25(35)27(3,4)22(28)8-9-29(23,30)6/h18,20-24,34-35H,8-16H2,1-7H3/t20-,21+,22-,23+,24-,28-,29+,30+,31+/m0/s1. The number of nitriles is 1. The average molecular weight is 482 g/mol. The molecule has 9 atom stereocenters. The Morgan fingerprint density at radius 2 is 1.60 bits per heavy atom. The fourth-order valence-corrected chi connectivity index (χ4v) is 11.2. The largest absolute Gasteiger partial charge is 0.511 e. The molecule has 4 saturated carbocycles. The van der Waals surface area contributed by atoms with Crippen molar-refractivity contribution in [1.82, 2.24) is 0 Å². The van der Waals surface area contributed by atoms with Crippen molar-refractivity contribution in [2.75, 3.05) is 0 Å². The number of hydrogen-bond acceptors (Lipinski definition) is 4. The molecule has 2 N–H and O–H groups in total. The molecule has 194 valence electrons. The number of carbonyl (C=O) groups excluding carboxylic acids is 1. The second-order valence-electron chi connectivity index (χ2n) is 15.5. The Bertz CT molecular complexity index is 1010. The molecule has 0 heterocycles. The topological polar surface area (TPSA) is 81.3 Å². The average Bonchev–Trinajstić information content (AvgIpc) is 2.77. The molecule has 0 aromatic rings. The SMILES string of the molecule is CC1(C)CC[C@]2(C=O)CC[C@]3(C)[C@H]([C@H](O)C[C@@H]4[C@@]5(C)CC(C#N)=C(O)C(C)(C)[C@@H]5CC[C@]43C)[C@@H]2C1. The Balaban J connectivity index is 1.61. The van der Waals surface area contributed by atoms with Gasteiger partial charge in [0.15, 0.2) is 0 Å². The van der Waals surface area contributed by atoms with Gasteiger partial charge in [-0.05, 0) is 103 Å². The van der Waals surface area contributed by atoms with Gasteiger partial charge in [-0.15, -0.1) is 0 Å². The van der Waals surface area contributed by atoms with E-state index in [1.165, 1.54) is 6.29 Å². The van der Waals surface area contributed by atoms with E-state index in [1.54, 1.807) is 0 Å². The van der Waals surface area contributed by atoms with E-state index in [1.807, 2.05) is 0 Å². The van der Waals surface area contributed by atoms with Crippen molar-refractivity contribution in [2.24, 2.45) is 56.2 Å². The Morgan fingerprint density at radius 3 is 2.23 bits per heavy atom. The first kappa shape index (κ1) is 25.3. The molecule has 0 aliphatic heterocycles. The summed E-state index contributed by atoms with van der Waals surface area (Å²) < 4.78 is 0. The number of rotatable bonds is 1. The van der Waals surface area contributed by atoms with E-state index in [-0.39, 0.29) is 56.5 Å². The summed E-state index contributed by atoms with van der Waals surface area (Å²) in [5.41, 5.74) is -0.134. The van der Waals surface area contributed by atoms with Gasteiger partial charge in [0.1, 0.15) is 12.0 Å². The van der Waals surface area contributed by atoms with Gasteiger partial charge in [-0.3, -0.25) is 0 Å². The number of allylic oxidation sites excluding steroid dienone is 2. The van der Waals surface area contributed by atoms with E-state index >= 15 is 0 Å². The van der Waals surface area contributed by atoms with Crippen LogP contribution in [-0.2, 0) is 4.79 Å². The molecule has 5 aliphatic rings. The summed E-state index contributed by atoms with van der Waals surface area (Å²) in [5.74, 6) is 1.22. The van der Waals surface area contributed by atoms with Crippen LogP contribution in [0.15, 0.2) is 11.3 Å². The predicted octanol–water partition coefficient (Wildman–Crippen LogP) is 6.98. The molecule has 0 aromatic carbocycles. The lowest BCUT2D eigenvalue weighted by Crippen LogP contribution is -2.69. The summed E-state index contributed by atoms with van der Waals surface area (Å²) in [6.07, 6.45) is 9.31. The van der Waals surface area contributed by atoms with Crippen molar-refractivity contribution in [1.29, 1.82) is 5.26 Å². The van der Waals surface area contributed by atoms with Gasteiger partial charge in [0.05, 0.1) is 17.7 Å². The van der Waals surface area contributed by atoms with Gasteiger partial charge in [0.2, 0.25) is 0 Å². The van der Waals surface area contributed by atoms with E-state index < -0.39 is 11.5 Å². The summed E-state index contributed by atoms with van der Waals surface area (Å²) >= 11 is 0. The maximum absolute atomic E-state index is 12.6. The summed E-state index contributed by atoms with van der Waals surface area (Å²) in [6.45, 7) is 16.2. The van der Waals surface area contributed by atoms with Crippen LogP contribution in [-0.4, -0.2) is 22.6 Å². The van der Waals surface area contributed by atoms with Gasteiger partial charge in [0.25, 0.3) is 0 Å². The molecular formula is C31H47NO3. The quantitative estimate of drug-likeness (QED) is 0.396. The minimum atomic E-state index is -0.436. The van der Waals surface area contributed by atoms with Crippen LogP contribution in [0.1, 0.15) is 106 Å². The predicted molar refractivity (Wildman–Crippen MR) is 137 cm³/mol. The van der Waals surface area contributed by atoms with Gasteiger partial charge in [-0.2, -0.15) is 5.26 Å². The van der Waals surface area contributed by atoms with Crippen LogP contribution in [0.25, 0.3) is 0 Å². The normalized spacial score (nSPS) is 52.3. The number of carbonyl (C=O) groups is 1. The van der Waals surface area contributed by atoms with Crippen molar-refractivity contribution in [3.8, 4) is 6.07 Å². The second kappa shape index (κ2) is 7.37. The number of aldehydes is 1. The first-order chi connectivity index (χ1) is 16.1. The molecule has 0 amide bonds. The van der Waals surface area contributed by atoms with Crippen molar-refractivity contribution >= 4 is 6.29 Å². The van der Waals surface area contributed by atoms with Gasteiger partial charge in [-0.25, -0.2) is 0 Å². The Kier molecular flexibility index (Phi) is 5.33. The van der Waals surface area contributed by atoms with E-state index in [4.69, 9.17) is 0 Å². The lowest BCUT2D eigenvalue weighted by atomic mass is 9.31. The summed E-state index contributed by atoms with van der Waals surface area (Å²) in [5, 5.41) is 33.0. The summed E-state index contributed by atoms with van der Waals surface area (Å²) in [4.78, 5) is 12.6. The minimum absolute atomic E-state index is 0.0301. The maximum atomic E-state index is 12.6. The van der Waals surface area contributed by atoms with E-state index in [9.17, 15) is 20.3 Å². The molecule has 0 unspecified atom stereocenters. The Morgan fingerprint density at radius 1 is 0.943 bits per heavy atom. The number of aliphatic hydroxyl groups is 2. The third-order valence-corrected chi connectivity index (χ3v) is 13.3. The Labute approximate surface area is 212 Å². The first-order valence-electron chi connectivity index (χ1n) is 14.1. The van der Waals surface area contributed by atoms with Crippen LogP contribution in [0.4, 0.5) is 0 Å². The molecule has 0 saturated heterocycles. The van der Waals surface area contributed by atoms with Crippen molar-refractivity contribution in [3.63, 3.8) is 0 Å². The lowest BCUT2D eigenvalue weighted by Gasteiger charge is -2.73. The second-order valence-corrected chi connectivity index (χ2v) is 15.5. The highest BCUT2D eigenvalue weighted by Gasteiger charge is 2.72. The fraction of sp³-hybridized carbons (Fsp3) is 0.871. The number of fused-ring (bicyclic) bond motifs is 7. The molecule has 5 rings (SSSR count). The third-order valence-electron chi connectivity index (χ3n) is 13.3. The molecule has 4 fully saturated rings. The van der Waals surface area contributed by atoms with Crippen LogP contribution in [0.2, 0.25) is 0 Å². The van der Waals surface area contributed by atoms with Crippen LogP contribution < -0.4 is 0 Å². The monoisotopic (exact) mass is 481 g/mol. The summed E-state index contributed by atoms with van der Waals surface area (Å²) in [6, 6.07) is 2.34. The van der Waals surface area contributed by atoms with E-state index in [0.717, 1.165) is 51.4 Å². The highest BCUT2D eigenvalue weighted by molar-refractivity contribution is 5.61. The van der Waals surface area contributed by atoms with Gasteiger partial charge >= 0.3 is 0 Å². The lowest BCUT2D eigenvalue weighted by molar-refractivity contribution is -0.264. The molecule has 35 heavy (non-hydrogen) atoms. The zero-order valence-corrected chi connectivity index (χ0v) is 23.1. The van der Waals surface area contributed by atoms with E-state index in [0.29, 0.717) is 12.0 Å². The number of nitrogens with zero attached hydrogens (tertiary/aromatic N) is 1. The fourth-order valence-electron chi connectivity index (χ4n) is 11.2. The van der Waals surface area contributed by atoms with Crippen LogP contribution in [0.3, 0.4) is 0 Å². The van der Waals surface area contributed by atoms with Crippen LogP contribution in [0, 0.1) is 67.5 Å². The molecule has 4 heteroatoms. The first-order valence-corrected chi connectivity index (χ1v) is 14.1. The number of aliphatic hydroxyl groups excluding tert-OH is 2. The van der Waals surface area contributed by atoms with Gasteiger partial charge < -0.3 is 15.0 Å². The molecule has 5 aliphatic carbocycles. The Hall–Kier alpha value is -1.34. The molecule has 0 spiro atoms. The van der Waals surface area contributed by atoms with Crippen molar-refractivity contribution in [3.05, 3.63) is 11.3 Å². The molecular weight excluding hydrogens is 434 g/mol. The van der Waals surface area contributed by atoms with Gasteiger partial charge in [0, 0.05) is 10.8 Å². The van der Waals surface area contributed by atoms with Crippen molar-refractivity contribution < 1.29 is 15.0 Å². The highest BCUT2D eigenvalue weighted by Crippen LogP contribution is 2.77. The maximum Gasteiger partial charge on any atom is 0.126 e. The minimum Gasteiger partial charge on any atom is -0.511 e. The van der Waals surface area contributed by atoms with Gasteiger partial charge in [-0.1, -0.05) is 48.5 Å². The smallest absolute Gasteiger partial charge is 0.126 e. The molecule has 0 radical (unpaired) electrons. The molecule has 0 aromatic heterocycles.